The molecule has 0 amide bonds. The average molecular weight is 323 g/mol. The summed E-state index contributed by atoms with van der Waals surface area (Å²) in [5.41, 5.74) is 8.12. The first-order chi connectivity index (χ1) is 9.97. The van der Waals surface area contributed by atoms with Gasteiger partial charge in [-0.1, -0.05) is 54.2 Å². The van der Waals surface area contributed by atoms with Crippen molar-refractivity contribution in [2.45, 2.75) is 13.1 Å². The van der Waals surface area contributed by atoms with Gasteiger partial charge in [-0.3, -0.25) is 4.90 Å². The van der Waals surface area contributed by atoms with Crippen molar-refractivity contribution >= 4 is 28.8 Å². The molecule has 2 aromatic carbocycles. The number of hydrogen-bond acceptors (Lipinski definition) is 2. The van der Waals surface area contributed by atoms with Crippen LogP contribution in [0.4, 0.5) is 4.39 Å². The fourth-order valence-electron chi connectivity index (χ4n) is 2.15. The van der Waals surface area contributed by atoms with Gasteiger partial charge < -0.3 is 5.73 Å². The first-order valence-electron chi connectivity index (χ1n) is 6.47. The maximum atomic E-state index is 13.9. The summed E-state index contributed by atoms with van der Waals surface area (Å²) in [6.45, 7) is 1.14. The van der Waals surface area contributed by atoms with Crippen molar-refractivity contribution in [3.05, 3.63) is 70.0 Å². The third kappa shape index (κ3) is 4.24. The molecule has 0 aliphatic carbocycles. The van der Waals surface area contributed by atoms with Crippen LogP contribution in [-0.2, 0) is 13.1 Å². The van der Waals surface area contributed by atoms with Gasteiger partial charge in [-0.15, -0.1) is 0 Å². The molecular formula is C16H16ClFN2S. The number of nitrogens with two attached hydrogens (primary N) is 1. The number of nitrogens with zero attached hydrogens (tertiary/aromatic N) is 1. The van der Waals surface area contributed by atoms with Gasteiger partial charge in [-0.05, 0) is 24.7 Å². The molecule has 0 aromatic heterocycles. The summed E-state index contributed by atoms with van der Waals surface area (Å²) in [5.74, 6) is -0.358. The van der Waals surface area contributed by atoms with Crippen molar-refractivity contribution in [2.24, 2.45) is 5.73 Å². The van der Waals surface area contributed by atoms with E-state index in [1.807, 2.05) is 36.2 Å². The number of rotatable bonds is 5. The Morgan fingerprint density at radius 1 is 1.24 bits per heavy atom. The fourth-order valence-corrected chi connectivity index (χ4v) is 2.47. The molecule has 0 spiro atoms. The van der Waals surface area contributed by atoms with Gasteiger partial charge in [0.2, 0.25) is 0 Å². The highest BCUT2D eigenvalue weighted by molar-refractivity contribution is 7.80. The molecule has 0 heterocycles. The van der Waals surface area contributed by atoms with Crippen molar-refractivity contribution in [1.82, 2.24) is 4.90 Å². The van der Waals surface area contributed by atoms with Gasteiger partial charge >= 0.3 is 0 Å². The summed E-state index contributed by atoms with van der Waals surface area (Å²) in [7, 11) is 1.92. The normalized spacial score (nSPS) is 10.9. The lowest BCUT2D eigenvalue weighted by Gasteiger charge is -2.18. The van der Waals surface area contributed by atoms with Gasteiger partial charge in [0.25, 0.3) is 0 Å². The second-order valence-corrected chi connectivity index (χ2v) is 5.80. The zero-order chi connectivity index (χ0) is 15.4. The van der Waals surface area contributed by atoms with Crippen molar-refractivity contribution in [2.75, 3.05) is 7.05 Å². The molecular weight excluding hydrogens is 307 g/mol. The maximum Gasteiger partial charge on any atom is 0.146 e. The van der Waals surface area contributed by atoms with Crippen molar-refractivity contribution in [1.29, 1.82) is 0 Å². The van der Waals surface area contributed by atoms with Crippen LogP contribution in [0.1, 0.15) is 16.7 Å². The number of benzene rings is 2. The van der Waals surface area contributed by atoms with Gasteiger partial charge in [-0.2, -0.15) is 0 Å². The average Bonchev–Trinajstić information content (AvgIpc) is 2.44. The molecule has 0 saturated heterocycles. The van der Waals surface area contributed by atoms with Crippen LogP contribution in [0.2, 0.25) is 5.02 Å². The van der Waals surface area contributed by atoms with E-state index in [4.69, 9.17) is 29.6 Å². The first-order valence-corrected chi connectivity index (χ1v) is 7.26. The summed E-state index contributed by atoms with van der Waals surface area (Å²) in [4.78, 5) is 2.38. The van der Waals surface area contributed by atoms with E-state index in [9.17, 15) is 4.39 Å². The second kappa shape index (κ2) is 6.98. The predicted molar refractivity (Wildman–Crippen MR) is 88.9 cm³/mol. The lowest BCUT2D eigenvalue weighted by molar-refractivity contribution is 0.313. The third-order valence-corrected chi connectivity index (χ3v) is 3.66. The van der Waals surface area contributed by atoms with Crippen molar-refractivity contribution in [3.8, 4) is 0 Å². The van der Waals surface area contributed by atoms with E-state index in [2.05, 4.69) is 0 Å². The minimum Gasteiger partial charge on any atom is -0.389 e. The van der Waals surface area contributed by atoms with E-state index in [0.717, 1.165) is 11.1 Å². The Labute approximate surface area is 134 Å². The molecule has 0 fully saturated rings. The number of thiocarbonyl (C=S) groups is 1. The molecule has 0 bridgehead atoms. The Bertz CT molecular complexity index is 660. The monoisotopic (exact) mass is 322 g/mol. The van der Waals surface area contributed by atoms with E-state index in [1.54, 1.807) is 18.2 Å². The number of hydrogen-bond donors (Lipinski definition) is 1. The van der Waals surface area contributed by atoms with E-state index in [0.29, 0.717) is 23.6 Å². The zero-order valence-corrected chi connectivity index (χ0v) is 13.2. The van der Waals surface area contributed by atoms with E-state index in [1.165, 1.54) is 0 Å². The van der Waals surface area contributed by atoms with E-state index >= 15 is 0 Å². The summed E-state index contributed by atoms with van der Waals surface area (Å²) in [6.07, 6.45) is 0. The van der Waals surface area contributed by atoms with Crippen LogP contribution in [0.5, 0.6) is 0 Å². The van der Waals surface area contributed by atoms with Crippen molar-refractivity contribution < 1.29 is 4.39 Å². The maximum absolute atomic E-state index is 13.9. The Balaban J connectivity index is 2.08. The highest BCUT2D eigenvalue weighted by Gasteiger charge is 2.09. The summed E-state index contributed by atoms with van der Waals surface area (Å²) in [6, 6.07) is 12.8. The molecule has 0 atom stereocenters. The molecule has 0 unspecified atom stereocenters. The molecule has 0 aliphatic rings. The fraction of sp³-hybridized carbons (Fsp3) is 0.188. The quantitative estimate of drug-likeness (QED) is 0.850. The standard InChI is InChI=1S/C16H16ClFN2S/c1-20(10-13-6-3-7-14(17)15(13)18)9-11-4-2-5-12(8-11)16(19)21/h2-8H,9-10H2,1H3,(H2,19,21). The van der Waals surface area contributed by atoms with Gasteiger partial charge in [0.15, 0.2) is 0 Å². The molecule has 2 nitrogen and oxygen atoms in total. The highest BCUT2D eigenvalue weighted by atomic mass is 35.5. The topological polar surface area (TPSA) is 29.3 Å². The molecule has 2 rings (SSSR count). The molecule has 0 aliphatic heterocycles. The third-order valence-electron chi connectivity index (χ3n) is 3.14. The van der Waals surface area contributed by atoms with Crippen LogP contribution < -0.4 is 5.73 Å². The largest absolute Gasteiger partial charge is 0.389 e. The molecule has 2 N–H and O–H groups in total. The first kappa shape index (κ1) is 15.9. The molecule has 0 saturated carbocycles. The molecule has 21 heavy (non-hydrogen) atoms. The van der Waals surface area contributed by atoms with Gasteiger partial charge in [-0.25, -0.2) is 4.39 Å². The Hall–Kier alpha value is -1.49. The Kier molecular flexibility index (Phi) is 5.28. The lowest BCUT2D eigenvalue weighted by Crippen LogP contribution is -2.18. The van der Waals surface area contributed by atoms with Crippen LogP contribution in [0, 0.1) is 5.82 Å². The number of halogens is 2. The van der Waals surface area contributed by atoms with Gasteiger partial charge in [0, 0.05) is 24.2 Å². The SMILES string of the molecule is CN(Cc1cccc(C(N)=S)c1)Cc1cccc(Cl)c1F. The van der Waals surface area contributed by atoms with E-state index < -0.39 is 0 Å². The van der Waals surface area contributed by atoms with Crippen molar-refractivity contribution in [3.63, 3.8) is 0 Å². The van der Waals surface area contributed by atoms with Crippen LogP contribution >= 0.6 is 23.8 Å². The van der Waals surface area contributed by atoms with E-state index in [-0.39, 0.29) is 10.8 Å². The molecule has 2 aromatic rings. The minimum atomic E-state index is -0.358. The smallest absolute Gasteiger partial charge is 0.146 e. The second-order valence-electron chi connectivity index (χ2n) is 4.95. The highest BCUT2D eigenvalue weighted by Crippen LogP contribution is 2.19. The Morgan fingerprint density at radius 2 is 1.95 bits per heavy atom. The molecule has 5 heteroatoms. The van der Waals surface area contributed by atoms with Crippen LogP contribution in [0.15, 0.2) is 42.5 Å². The van der Waals surface area contributed by atoms with Gasteiger partial charge in [0.05, 0.1) is 5.02 Å². The molecule has 0 radical (unpaired) electrons. The summed E-state index contributed by atoms with van der Waals surface area (Å²) >= 11 is 10.8. The van der Waals surface area contributed by atoms with Crippen LogP contribution in [0.3, 0.4) is 0 Å². The predicted octanol–water partition coefficient (Wildman–Crippen LogP) is 3.75. The van der Waals surface area contributed by atoms with Gasteiger partial charge in [0.1, 0.15) is 10.8 Å². The zero-order valence-electron chi connectivity index (χ0n) is 11.6. The summed E-state index contributed by atoms with van der Waals surface area (Å²) < 4.78 is 13.9. The molecule has 110 valence electrons. The summed E-state index contributed by atoms with van der Waals surface area (Å²) in [5, 5.41) is 0.149. The minimum absolute atomic E-state index is 0.149. The van der Waals surface area contributed by atoms with Crippen LogP contribution in [0.25, 0.3) is 0 Å². The lowest BCUT2D eigenvalue weighted by atomic mass is 10.1. The Morgan fingerprint density at radius 3 is 2.67 bits per heavy atom. The van der Waals surface area contributed by atoms with Crippen LogP contribution in [-0.4, -0.2) is 16.9 Å².